The van der Waals surface area contributed by atoms with E-state index >= 15 is 0 Å². The Morgan fingerprint density at radius 1 is 1.17 bits per heavy atom. The third-order valence-electron chi connectivity index (χ3n) is 1.20. The lowest BCUT2D eigenvalue weighted by Crippen LogP contribution is -2.24. The number of hydrogen-bond donors (Lipinski definition) is 5. The van der Waals surface area contributed by atoms with Gasteiger partial charge in [0, 0.05) is 6.54 Å². The lowest BCUT2D eigenvalue weighted by atomic mass is 10.5. The molecule has 0 rings (SSSR count). The summed E-state index contributed by atoms with van der Waals surface area (Å²) in [5.41, 5.74) is 3.47. The van der Waals surface area contributed by atoms with E-state index in [0.29, 0.717) is 0 Å². The Bertz CT molecular complexity index is 229. The second-order valence-corrected chi connectivity index (χ2v) is 5.93. The second kappa shape index (κ2) is 3.98. The van der Waals surface area contributed by atoms with E-state index in [1.807, 2.05) is 0 Å². The molecular weight excluding hydrogens is 208 g/mol. The molecule has 0 saturated carbocycles. The maximum atomic E-state index is 10.5. The molecule has 0 saturated heterocycles. The second-order valence-electron chi connectivity index (χ2n) is 2.33. The fraction of sp³-hybridized carbons (Fsp3) is 1.00. The summed E-state index contributed by atoms with van der Waals surface area (Å²) in [5.74, 6) is 0. The van der Waals surface area contributed by atoms with Crippen molar-refractivity contribution in [2.24, 2.45) is 5.73 Å². The molecular formula is C3H11NO6P2. The molecule has 0 aliphatic rings. The molecule has 7 nitrogen and oxygen atoms in total. The predicted molar refractivity (Wildman–Crippen MR) is 41.8 cm³/mol. The van der Waals surface area contributed by atoms with Crippen molar-refractivity contribution in [3.63, 3.8) is 0 Å². The van der Waals surface area contributed by atoms with E-state index in [9.17, 15) is 9.13 Å². The van der Waals surface area contributed by atoms with Gasteiger partial charge in [-0.3, -0.25) is 9.13 Å². The highest BCUT2D eigenvalue weighted by molar-refractivity contribution is 7.56. The normalized spacial score (nSPS) is 16.1. The van der Waals surface area contributed by atoms with Gasteiger partial charge in [0.1, 0.15) is 0 Å². The standard InChI is InChI=1S/C3H11NO6P2/c4-1-3(12(8,9)10)2-11(5,6)7/h3H,1-2,4H2,(H2,5,6,7)(H2,8,9,10). The molecule has 0 aliphatic heterocycles. The van der Waals surface area contributed by atoms with Crippen LogP contribution in [0.5, 0.6) is 0 Å². The topological polar surface area (TPSA) is 141 Å². The minimum Gasteiger partial charge on any atom is -0.330 e. The number of hydrogen-bond acceptors (Lipinski definition) is 3. The minimum absolute atomic E-state index is 0.449. The molecule has 0 radical (unpaired) electrons. The van der Waals surface area contributed by atoms with E-state index in [-0.39, 0.29) is 0 Å². The number of nitrogens with two attached hydrogens (primary N) is 1. The van der Waals surface area contributed by atoms with E-state index in [1.165, 1.54) is 0 Å². The molecule has 0 amide bonds. The lowest BCUT2D eigenvalue weighted by molar-refractivity contribution is 0.346. The van der Waals surface area contributed by atoms with Crippen LogP contribution in [0, 0.1) is 0 Å². The summed E-state index contributed by atoms with van der Waals surface area (Å²) < 4.78 is 20.9. The van der Waals surface area contributed by atoms with Gasteiger partial charge >= 0.3 is 15.2 Å². The highest BCUT2D eigenvalue weighted by atomic mass is 31.2. The van der Waals surface area contributed by atoms with Crippen molar-refractivity contribution in [3.8, 4) is 0 Å². The Hall–Kier alpha value is 0.260. The van der Waals surface area contributed by atoms with E-state index < -0.39 is 33.6 Å². The van der Waals surface area contributed by atoms with Crippen molar-refractivity contribution in [1.29, 1.82) is 0 Å². The van der Waals surface area contributed by atoms with Gasteiger partial charge in [-0.05, 0) is 0 Å². The van der Waals surface area contributed by atoms with Gasteiger partial charge in [-0.2, -0.15) is 0 Å². The molecule has 0 aromatic rings. The van der Waals surface area contributed by atoms with Crippen molar-refractivity contribution < 1.29 is 28.7 Å². The SMILES string of the molecule is NCC(CP(=O)(O)O)P(=O)(O)O. The summed E-state index contributed by atoms with van der Waals surface area (Å²) >= 11 is 0. The molecule has 0 bridgehead atoms. The summed E-state index contributed by atoms with van der Waals surface area (Å²) in [4.78, 5) is 33.8. The van der Waals surface area contributed by atoms with Crippen molar-refractivity contribution >= 4 is 15.2 Å². The predicted octanol–water partition coefficient (Wildman–Crippen LogP) is -1.33. The van der Waals surface area contributed by atoms with Gasteiger partial charge in [-0.1, -0.05) is 0 Å². The van der Waals surface area contributed by atoms with E-state index in [0.717, 1.165) is 0 Å². The van der Waals surface area contributed by atoms with Crippen LogP contribution in [0.2, 0.25) is 0 Å². The Morgan fingerprint density at radius 3 is 1.67 bits per heavy atom. The molecule has 6 N–H and O–H groups in total. The maximum absolute atomic E-state index is 10.5. The summed E-state index contributed by atoms with van der Waals surface area (Å²) in [6.07, 6.45) is -0.881. The lowest BCUT2D eigenvalue weighted by Gasteiger charge is -2.16. The molecule has 12 heavy (non-hydrogen) atoms. The third-order valence-corrected chi connectivity index (χ3v) is 3.75. The average molecular weight is 219 g/mol. The van der Waals surface area contributed by atoms with Crippen LogP contribution in [-0.4, -0.2) is 37.9 Å². The first kappa shape index (κ1) is 12.3. The van der Waals surface area contributed by atoms with Gasteiger partial charge in [0.15, 0.2) is 0 Å². The first-order chi connectivity index (χ1) is 5.17. The van der Waals surface area contributed by atoms with Crippen LogP contribution in [-0.2, 0) is 9.13 Å². The van der Waals surface area contributed by atoms with E-state index in [4.69, 9.17) is 25.3 Å². The zero-order valence-corrected chi connectivity index (χ0v) is 7.86. The molecule has 0 aromatic carbocycles. The van der Waals surface area contributed by atoms with Gasteiger partial charge in [0.25, 0.3) is 0 Å². The zero-order valence-electron chi connectivity index (χ0n) is 6.07. The third kappa shape index (κ3) is 5.00. The van der Waals surface area contributed by atoms with Crippen LogP contribution in [0.3, 0.4) is 0 Å². The van der Waals surface area contributed by atoms with Crippen molar-refractivity contribution in [2.45, 2.75) is 5.66 Å². The first-order valence-electron chi connectivity index (χ1n) is 2.96. The average Bonchev–Trinajstić information content (AvgIpc) is 1.78. The smallest absolute Gasteiger partial charge is 0.330 e. The molecule has 74 valence electrons. The van der Waals surface area contributed by atoms with Crippen LogP contribution in [0.25, 0.3) is 0 Å². The van der Waals surface area contributed by atoms with E-state index in [2.05, 4.69) is 0 Å². The Balaban J connectivity index is 4.41. The molecule has 1 unspecified atom stereocenters. The minimum atomic E-state index is -4.49. The first-order valence-corrected chi connectivity index (χ1v) is 6.44. The van der Waals surface area contributed by atoms with Crippen LogP contribution in [0.4, 0.5) is 0 Å². The summed E-state index contributed by atoms with van der Waals surface area (Å²) in [6.45, 7) is -0.449. The molecule has 0 fully saturated rings. The Morgan fingerprint density at radius 2 is 1.58 bits per heavy atom. The Kier molecular flexibility index (Phi) is 4.07. The number of rotatable bonds is 4. The van der Waals surface area contributed by atoms with Crippen LogP contribution < -0.4 is 5.73 Å². The van der Waals surface area contributed by atoms with Gasteiger partial charge in [-0.25, -0.2) is 0 Å². The molecule has 0 spiro atoms. The quantitative estimate of drug-likeness (QED) is 0.368. The van der Waals surface area contributed by atoms with Crippen LogP contribution in [0.1, 0.15) is 0 Å². The van der Waals surface area contributed by atoms with Gasteiger partial charge in [0.05, 0.1) is 11.8 Å². The van der Waals surface area contributed by atoms with Crippen molar-refractivity contribution in [1.82, 2.24) is 0 Å². The highest BCUT2D eigenvalue weighted by Gasteiger charge is 2.33. The summed E-state index contributed by atoms with van der Waals surface area (Å²) in [7, 11) is -8.90. The molecule has 0 aliphatic carbocycles. The van der Waals surface area contributed by atoms with Gasteiger partial charge in [-0.15, -0.1) is 0 Å². The van der Waals surface area contributed by atoms with Gasteiger partial charge < -0.3 is 25.3 Å². The van der Waals surface area contributed by atoms with Crippen molar-refractivity contribution in [2.75, 3.05) is 12.7 Å². The largest absolute Gasteiger partial charge is 0.330 e. The van der Waals surface area contributed by atoms with Crippen LogP contribution >= 0.6 is 15.2 Å². The fourth-order valence-corrected chi connectivity index (χ4v) is 3.05. The summed E-state index contributed by atoms with van der Waals surface area (Å²) in [6, 6.07) is 0. The molecule has 1 atom stereocenters. The molecule has 9 heteroatoms. The van der Waals surface area contributed by atoms with Crippen molar-refractivity contribution in [3.05, 3.63) is 0 Å². The highest BCUT2D eigenvalue weighted by Crippen LogP contribution is 2.48. The van der Waals surface area contributed by atoms with E-state index in [1.54, 1.807) is 0 Å². The molecule has 0 heterocycles. The monoisotopic (exact) mass is 219 g/mol. The Labute approximate surface area is 68.9 Å². The summed E-state index contributed by atoms with van der Waals surface area (Å²) in [5, 5.41) is 0. The molecule has 0 aromatic heterocycles. The zero-order chi connectivity index (χ0) is 9.99. The van der Waals surface area contributed by atoms with Gasteiger partial charge in [0.2, 0.25) is 0 Å². The fourth-order valence-electron chi connectivity index (χ4n) is 0.593. The van der Waals surface area contributed by atoms with Crippen LogP contribution in [0.15, 0.2) is 0 Å². The maximum Gasteiger partial charge on any atom is 0.330 e.